The van der Waals surface area contributed by atoms with Crippen LogP contribution < -0.4 is 4.74 Å². The zero-order valence-electron chi connectivity index (χ0n) is 10.4. The van der Waals surface area contributed by atoms with Crippen LogP contribution in [0.2, 0.25) is 0 Å². The van der Waals surface area contributed by atoms with Crippen molar-refractivity contribution in [3.8, 4) is 11.8 Å². The highest BCUT2D eigenvalue weighted by Crippen LogP contribution is 2.15. The van der Waals surface area contributed by atoms with Gasteiger partial charge in [0.15, 0.2) is 6.29 Å². The Bertz CT molecular complexity index is 611. The van der Waals surface area contributed by atoms with E-state index in [4.69, 9.17) is 10.00 Å². The van der Waals surface area contributed by atoms with Crippen molar-refractivity contribution in [3.05, 3.63) is 41.2 Å². The largest absolute Gasteiger partial charge is 0.497 e. The molecule has 0 amide bonds. The van der Waals surface area contributed by atoms with Crippen LogP contribution in [0.4, 0.5) is 0 Å². The van der Waals surface area contributed by atoms with Gasteiger partial charge < -0.3 is 4.74 Å². The molecule has 0 fully saturated rings. The first kappa shape index (κ1) is 12.8. The Balaban J connectivity index is 2.28. The Kier molecular flexibility index (Phi) is 3.88. The number of benzene rings is 1. The quantitative estimate of drug-likeness (QED) is 0.751. The van der Waals surface area contributed by atoms with Gasteiger partial charge in [-0.25, -0.2) is 4.68 Å². The summed E-state index contributed by atoms with van der Waals surface area (Å²) in [5, 5.41) is 16.3. The molecule has 0 aliphatic rings. The number of methoxy groups -OCH3 is 1. The first-order chi connectivity index (χ1) is 9.28. The van der Waals surface area contributed by atoms with Gasteiger partial charge in [-0.2, -0.15) is 5.26 Å². The van der Waals surface area contributed by atoms with Crippen molar-refractivity contribution in [1.29, 1.82) is 5.26 Å². The van der Waals surface area contributed by atoms with Crippen molar-refractivity contribution in [1.82, 2.24) is 15.0 Å². The molecule has 96 valence electrons. The number of ether oxygens (including phenoxy) is 1. The molecule has 0 aliphatic carbocycles. The molecule has 0 N–H and O–H groups in total. The van der Waals surface area contributed by atoms with Crippen LogP contribution in [0.15, 0.2) is 24.3 Å². The van der Waals surface area contributed by atoms with Crippen molar-refractivity contribution in [2.75, 3.05) is 7.11 Å². The standard InChI is InChI=1S/C13H12N4O2/c1-19-11-4-2-10(3-5-11)8-13-12(9-18)15-16-17(13)7-6-14/h2-5,9H,7-8H2,1H3. The lowest BCUT2D eigenvalue weighted by Crippen LogP contribution is -2.06. The molecule has 0 bridgehead atoms. The van der Waals surface area contributed by atoms with Crippen molar-refractivity contribution in [2.24, 2.45) is 0 Å². The molecule has 1 heterocycles. The molecule has 0 unspecified atom stereocenters. The molecule has 6 nitrogen and oxygen atoms in total. The SMILES string of the molecule is COc1ccc(Cc2c(C=O)nnn2CC#N)cc1. The fourth-order valence-electron chi connectivity index (χ4n) is 1.75. The van der Waals surface area contributed by atoms with E-state index in [0.717, 1.165) is 11.3 Å². The Morgan fingerprint density at radius 2 is 2.16 bits per heavy atom. The first-order valence-corrected chi connectivity index (χ1v) is 5.66. The summed E-state index contributed by atoms with van der Waals surface area (Å²) in [6, 6.07) is 9.47. The Hall–Kier alpha value is -2.68. The number of nitriles is 1. The molecule has 0 spiro atoms. The number of hydrogen-bond acceptors (Lipinski definition) is 5. The maximum Gasteiger partial charge on any atom is 0.172 e. The van der Waals surface area contributed by atoms with Gasteiger partial charge in [-0.05, 0) is 17.7 Å². The number of hydrogen-bond donors (Lipinski definition) is 0. The molecular formula is C13H12N4O2. The van der Waals surface area contributed by atoms with Gasteiger partial charge in [-0.1, -0.05) is 17.3 Å². The summed E-state index contributed by atoms with van der Waals surface area (Å²) in [4.78, 5) is 10.9. The lowest BCUT2D eigenvalue weighted by molar-refractivity contribution is 0.111. The van der Waals surface area contributed by atoms with Crippen LogP contribution in [0.1, 0.15) is 21.7 Å². The molecule has 19 heavy (non-hydrogen) atoms. The third-order valence-corrected chi connectivity index (χ3v) is 2.73. The van der Waals surface area contributed by atoms with Crippen LogP contribution in [-0.4, -0.2) is 28.4 Å². The summed E-state index contributed by atoms with van der Waals surface area (Å²) in [5.41, 5.74) is 1.90. The highest BCUT2D eigenvalue weighted by Gasteiger charge is 2.12. The molecule has 0 atom stereocenters. The van der Waals surface area contributed by atoms with Crippen LogP contribution in [-0.2, 0) is 13.0 Å². The molecular weight excluding hydrogens is 244 g/mol. The highest BCUT2D eigenvalue weighted by molar-refractivity contribution is 5.73. The van der Waals surface area contributed by atoms with Crippen LogP contribution in [0.3, 0.4) is 0 Å². The minimum atomic E-state index is 0.0757. The topological polar surface area (TPSA) is 80.8 Å². The normalized spacial score (nSPS) is 9.89. The van der Waals surface area contributed by atoms with E-state index in [0.29, 0.717) is 18.4 Å². The van der Waals surface area contributed by atoms with Gasteiger partial charge in [0, 0.05) is 6.42 Å². The zero-order chi connectivity index (χ0) is 13.7. The van der Waals surface area contributed by atoms with E-state index in [9.17, 15) is 4.79 Å². The van der Waals surface area contributed by atoms with E-state index in [1.165, 1.54) is 4.68 Å². The van der Waals surface area contributed by atoms with Gasteiger partial charge in [0.2, 0.25) is 0 Å². The molecule has 1 aromatic carbocycles. The van der Waals surface area contributed by atoms with Crippen LogP contribution in [0.5, 0.6) is 5.75 Å². The van der Waals surface area contributed by atoms with Gasteiger partial charge in [-0.3, -0.25) is 4.79 Å². The van der Waals surface area contributed by atoms with E-state index in [1.807, 2.05) is 30.3 Å². The molecule has 0 radical (unpaired) electrons. The smallest absolute Gasteiger partial charge is 0.172 e. The molecule has 0 saturated heterocycles. The van der Waals surface area contributed by atoms with E-state index in [2.05, 4.69) is 10.3 Å². The average molecular weight is 256 g/mol. The number of rotatable bonds is 5. The van der Waals surface area contributed by atoms with E-state index in [1.54, 1.807) is 7.11 Å². The predicted molar refractivity (Wildman–Crippen MR) is 66.8 cm³/mol. The van der Waals surface area contributed by atoms with Crippen molar-refractivity contribution in [3.63, 3.8) is 0 Å². The van der Waals surface area contributed by atoms with Crippen molar-refractivity contribution in [2.45, 2.75) is 13.0 Å². The Morgan fingerprint density at radius 1 is 1.42 bits per heavy atom. The minimum Gasteiger partial charge on any atom is -0.497 e. The molecule has 6 heteroatoms. The molecule has 2 rings (SSSR count). The zero-order valence-corrected chi connectivity index (χ0v) is 10.4. The molecule has 1 aromatic heterocycles. The number of nitrogens with zero attached hydrogens (tertiary/aromatic N) is 4. The van der Waals surface area contributed by atoms with Crippen LogP contribution in [0.25, 0.3) is 0 Å². The number of carbonyl (C=O) groups excluding carboxylic acids is 1. The fraction of sp³-hybridized carbons (Fsp3) is 0.231. The summed E-state index contributed by atoms with van der Waals surface area (Å²) in [6.45, 7) is 0.0757. The summed E-state index contributed by atoms with van der Waals surface area (Å²) >= 11 is 0. The summed E-state index contributed by atoms with van der Waals surface area (Å²) in [6.07, 6.45) is 1.15. The maximum absolute atomic E-state index is 10.9. The second-order valence-electron chi connectivity index (χ2n) is 3.88. The highest BCUT2D eigenvalue weighted by atomic mass is 16.5. The number of aldehydes is 1. The predicted octanol–water partition coefficient (Wildman–Crippen LogP) is 1.21. The Morgan fingerprint density at radius 3 is 2.74 bits per heavy atom. The van der Waals surface area contributed by atoms with Gasteiger partial charge >= 0.3 is 0 Å². The maximum atomic E-state index is 10.9. The van der Waals surface area contributed by atoms with Crippen molar-refractivity contribution < 1.29 is 9.53 Å². The van der Waals surface area contributed by atoms with Crippen molar-refractivity contribution >= 4 is 6.29 Å². The molecule has 0 saturated carbocycles. The van der Waals surface area contributed by atoms with E-state index < -0.39 is 0 Å². The third-order valence-electron chi connectivity index (χ3n) is 2.73. The summed E-state index contributed by atoms with van der Waals surface area (Å²) in [7, 11) is 1.60. The van der Waals surface area contributed by atoms with Crippen LogP contribution in [0, 0.1) is 11.3 Å². The second kappa shape index (κ2) is 5.78. The number of aromatic nitrogens is 3. The number of carbonyl (C=O) groups is 1. The van der Waals surface area contributed by atoms with Gasteiger partial charge in [0.25, 0.3) is 0 Å². The fourth-order valence-corrected chi connectivity index (χ4v) is 1.75. The molecule has 0 aliphatic heterocycles. The summed E-state index contributed by atoms with van der Waals surface area (Å²) in [5.74, 6) is 0.767. The minimum absolute atomic E-state index is 0.0757. The summed E-state index contributed by atoms with van der Waals surface area (Å²) < 4.78 is 6.52. The van der Waals surface area contributed by atoms with Gasteiger partial charge in [0.05, 0.1) is 18.9 Å². The third kappa shape index (κ3) is 2.77. The monoisotopic (exact) mass is 256 g/mol. The average Bonchev–Trinajstić information content (AvgIpc) is 2.82. The van der Waals surface area contributed by atoms with Crippen LogP contribution >= 0.6 is 0 Å². The van der Waals surface area contributed by atoms with Gasteiger partial charge in [0.1, 0.15) is 18.0 Å². The van der Waals surface area contributed by atoms with E-state index >= 15 is 0 Å². The lowest BCUT2D eigenvalue weighted by Gasteiger charge is -2.05. The Labute approximate surface area is 110 Å². The lowest BCUT2D eigenvalue weighted by atomic mass is 10.1. The first-order valence-electron chi connectivity index (χ1n) is 5.66. The molecule has 2 aromatic rings. The van der Waals surface area contributed by atoms with E-state index in [-0.39, 0.29) is 12.2 Å². The van der Waals surface area contributed by atoms with Gasteiger partial charge in [-0.15, -0.1) is 5.10 Å². The second-order valence-corrected chi connectivity index (χ2v) is 3.88.